The molecule has 0 aromatic heterocycles. The lowest BCUT2D eigenvalue weighted by atomic mass is 10.0. The van der Waals surface area contributed by atoms with E-state index in [1.54, 1.807) is 0 Å². The third-order valence-electron chi connectivity index (χ3n) is 9.72. The zero-order chi connectivity index (χ0) is 42.5. The quantitative estimate of drug-likeness (QED) is 0.0237. The SMILES string of the molecule is CC/C=C\C/C=C\C/C=C\C/C=C\C/C=C\CCCCCCCCCCOCC(COP(=O)(O)OCC(O)CO)OC(=O)CCCCCCCCCCCCCCC. The molecule has 0 heterocycles. The lowest BCUT2D eigenvalue weighted by Gasteiger charge is -2.20. The van der Waals surface area contributed by atoms with E-state index in [2.05, 4.69) is 74.6 Å². The average Bonchev–Trinajstić information content (AvgIpc) is 3.21. The predicted molar refractivity (Wildman–Crippen MR) is 242 cm³/mol. The van der Waals surface area contributed by atoms with Crippen molar-refractivity contribution in [1.82, 2.24) is 0 Å². The molecule has 10 heteroatoms. The van der Waals surface area contributed by atoms with Gasteiger partial charge in [-0.1, -0.05) is 190 Å². The van der Waals surface area contributed by atoms with E-state index in [0.29, 0.717) is 6.61 Å². The van der Waals surface area contributed by atoms with Gasteiger partial charge in [-0.15, -0.1) is 0 Å². The number of unbranched alkanes of at least 4 members (excludes halogenated alkanes) is 20. The van der Waals surface area contributed by atoms with Crippen molar-refractivity contribution in [2.45, 2.75) is 206 Å². The van der Waals surface area contributed by atoms with Gasteiger partial charge >= 0.3 is 13.8 Å². The molecule has 0 aliphatic carbocycles. The summed E-state index contributed by atoms with van der Waals surface area (Å²) >= 11 is 0. The van der Waals surface area contributed by atoms with Crippen LogP contribution in [0.4, 0.5) is 0 Å². The van der Waals surface area contributed by atoms with Crippen LogP contribution in [0, 0.1) is 0 Å². The number of aliphatic hydroxyl groups excluding tert-OH is 2. The summed E-state index contributed by atoms with van der Waals surface area (Å²) in [6.45, 7) is 3.39. The molecule has 0 saturated heterocycles. The number of esters is 1. The van der Waals surface area contributed by atoms with E-state index in [1.165, 1.54) is 96.3 Å². The van der Waals surface area contributed by atoms with Crippen molar-refractivity contribution in [2.75, 3.05) is 33.0 Å². The van der Waals surface area contributed by atoms with E-state index in [-0.39, 0.29) is 25.6 Å². The van der Waals surface area contributed by atoms with Crippen molar-refractivity contribution >= 4 is 13.8 Å². The molecule has 0 bridgehead atoms. The van der Waals surface area contributed by atoms with E-state index in [0.717, 1.165) is 77.0 Å². The van der Waals surface area contributed by atoms with Gasteiger partial charge in [-0.05, 0) is 57.8 Å². The third-order valence-corrected chi connectivity index (χ3v) is 10.7. The molecule has 0 fully saturated rings. The Kier molecular flexibility index (Phi) is 43.3. The molecule has 0 spiro atoms. The number of hydrogen-bond donors (Lipinski definition) is 3. The maximum atomic E-state index is 12.6. The van der Waals surface area contributed by atoms with Crippen molar-refractivity contribution in [3.63, 3.8) is 0 Å². The number of ether oxygens (including phenoxy) is 2. The molecule has 3 atom stereocenters. The number of phosphoric acid groups is 1. The van der Waals surface area contributed by atoms with Gasteiger partial charge in [-0.3, -0.25) is 13.8 Å². The highest BCUT2D eigenvalue weighted by Crippen LogP contribution is 2.43. The lowest BCUT2D eigenvalue weighted by Crippen LogP contribution is -2.29. The first kappa shape index (κ1) is 56.2. The number of rotatable bonds is 44. The highest BCUT2D eigenvalue weighted by atomic mass is 31.2. The summed E-state index contributed by atoms with van der Waals surface area (Å²) in [5, 5.41) is 18.4. The first-order valence-corrected chi connectivity index (χ1v) is 24.8. The Morgan fingerprint density at radius 2 is 0.983 bits per heavy atom. The Bertz CT molecular complexity index is 1090. The molecule has 338 valence electrons. The molecule has 9 nitrogen and oxygen atoms in total. The summed E-state index contributed by atoms with van der Waals surface area (Å²) in [5.41, 5.74) is 0. The number of allylic oxidation sites excluding steroid dienone is 10. The molecule has 58 heavy (non-hydrogen) atoms. The molecule has 0 amide bonds. The van der Waals surface area contributed by atoms with Crippen LogP contribution in [0.1, 0.15) is 194 Å². The number of phosphoric ester groups is 1. The van der Waals surface area contributed by atoms with Crippen molar-refractivity contribution in [3.8, 4) is 0 Å². The van der Waals surface area contributed by atoms with Gasteiger partial charge in [0, 0.05) is 13.0 Å². The van der Waals surface area contributed by atoms with Crippen molar-refractivity contribution in [2.24, 2.45) is 0 Å². The standard InChI is InChI=1S/C48H87O9P/c1-3-5-7-9-11-13-15-17-18-19-20-21-22-23-24-25-26-27-29-31-33-35-37-39-41-54-44-47(45-56-58(52,53)55-43-46(50)42-49)57-48(51)40-38-36-34-32-30-28-16-14-12-10-8-6-4-2/h5,7,11,13,17-18,20-21,23-24,46-47,49-50H,3-4,6,8-10,12,14-16,19,22,25-45H2,1-2H3,(H,52,53)/b7-5-,13-11-,18-17-,21-20-,24-23-. The number of aliphatic hydroxyl groups is 2. The zero-order valence-corrected chi connectivity index (χ0v) is 37.9. The summed E-state index contributed by atoms with van der Waals surface area (Å²) < 4.78 is 33.4. The van der Waals surface area contributed by atoms with Gasteiger partial charge in [0.1, 0.15) is 12.2 Å². The molecule has 0 aromatic carbocycles. The third kappa shape index (κ3) is 43.7. The second-order valence-electron chi connectivity index (χ2n) is 15.4. The largest absolute Gasteiger partial charge is 0.472 e. The van der Waals surface area contributed by atoms with E-state index in [4.69, 9.17) is 23.6 Å². The van der Waals surface area contributed by atoms with Crippen molar-refractivity contribution < 1.29 is 43.0 Å². The van der Waals surface area contributed by atoms with Gasteiger partial charge in [-0.2, -0.15) is 0 Å². The van der Waals surface area contributed by atoms with Crippen LogP contribution in [0.5, 0.6) is 0 Å². The summed E-state index contributed by atoms with van der Waals surface area (Å²) in [5.74, 6) is -0.387. The Balaban J connectivity index is 4.10. The molecule has 3 unspecified atom stereocenters. The van der Waals surface area contributed by atoms with Crippen LogP contribution in [-0.2, 0) is 27.9 Å². The molecule has 0 aliphatic rings. The first-order valence-electron chi connectivity index (χ1n) is 23.3. The van der Waals surface area contributed by atoms with Crippen LogP contribution in [0.25, 0.3) is 0 Å². The van der Waals surface area contributed by atoms with Crippen LogP contribution in [-0.4, -0.2) is 66.3 Å². The van der Waals surface area contributed by atoms with Crippen molar-refractivity contribution in [1.29, 1.82) is 0 Å². The first-order chi connectivity index (χ1) is 28.3. The van der Waals surface area contributed by atoms with Crippen LogP contribution in [0.3, 0.4) is 0 Å². The lowest BCUT2D eigenvalue weighted by molar-refractivity contribution is -0.154. The number of hydrogen-bond acceptors (Lipinski definition) is 8. The number of carbonyl (C=O) groups excluding carboxylic acids is 1. The molecule has 0 aromatic rings. The summed E-state index contributed by atoms with van der Waals surface area (Å²) in [4.78, 5) is 22.6. The Labute approximate surface area is 355 Å². The second-order valence-corrected chi connectivity index (χ2v) is 16.9. The van der Waals surface area contributed by atoms with Gasteiger partial charge in [-0.25, -0.2) is 4.57 Å². The Hall–Kier alpha value is -1.84. The molecular weight excluding hydrogens is 751 g/mol. The van der Waals surface area contributed by atoms with Gasteiger partial charge in [0.05, 0.1) is 26.4 Å². The predicted octanol–water partition coefficient (Wildman–Crippen LogP) is 13.1. The van der Waals surface area contributed by atoms with Crippen LogP contribution < -0.4 is 0 Å². The highest BCUT2D eigenvalue weighted by Gasteiger charge is 2.26. The van der Waals surface area contributed by atoms with Crippen LogP contribution in [0.15, 0.2) is 60.8 Å². The molecule has 0 rings (SSSR count). The van der Waals surface area contributed by atoms with Gasteiger partial charge < -0.3 is 24.6 Å². The molecular formula is C48H87O9P. The maximum Gasteiger partial charge on any atom is 0.472 e. The minimum atomic E-state index is -4.52. The smallest absolute Gasteiger partial charge is 0.457 e. The Morgan fingerprint density at radius 3 is 1.48 bits per heavy atom. The minimum absolute atomic E-state index is 0.0432. The van der Waals surface area contributed by atoms with Gasteiger partial charge in [0.2, 0.25) is 0 Å². The van der Waals surface area contributed by atoms with E-state index < -0.39 is 33.2 Å². The maximum absolute atomic E-state index is 12.6. The topological polar surface area (TPSA) is 132 Å². The zero-order valence-electron chi connectivity index (χ0n) is 37.0. The molecule has 0 radical (unpaired) electrons. The molecule has 0 saturated carbocycles. The summed E-state index contributed by atoms with van der Waals surface area (Å²) in [6.07, 6.45) is 51.8. The normalized spacial score (nSPS) is 14.5. The molecule has 3 N–H and O–H groups in total. The monoisotopic (exact) mass is 839 g/mol. The fraction of sp³-hybridized carbons (Fsp3) is 0.771. The fourth-order valence-corrected chi connectivity index (χ4v) is 7.00. The number of carbonyl (C=O) groups is 1. The van der Waals surface area contributed by atoms with Crippen LogP contribution in [0.2, 0.25) is 0 Å². The molecule has 0 aliphatic heterocycles. The van der Waals surface area contributed by atoms with Crippen LogP contribution >= 0.6 is 7.82 Å². The Morgan fingerprint density at radius 1 is 0.552 bits per heavy atom. The van der Waals surface area contributed by atoms with Gasteiger partial charge in [0.25, 0.3) is 0 Å². The minimum Gasteiger partial charge on any atom is -0.457 e. The van der Waals surface area contributed by atoms with Gasteiger partial charge in [0.15, 0.2) is 0 Å². The average molecular weight is 839 g/mol. The second kappa shape index (κ2) is 44.7. The van der Waals surface area contributed by atoms with E-state index >= 15 is 0 Å². The fourth-order valence-electron chi connectivity index (χ4n) is 6.21. The summed E-state index contributed by atoms with van der Waals surface area (Å²) in [6, 6.07) is 0. The highest BCUT2D eigenvalue weighted by molar-refractivity contribution is 7.47. The van der Waals surface area contributed by atoms with Crippen molar-refractivity contribution in [3.05, 3.63) is 60.8 Å². The van der Waals surface area contributed by atoms with E-state index in [1.807, 2.05) is 0 Å². The van der Waals surface area contributed by atoms with E-state index in [9.17, 15) is 19.4 Å². The summed E-state index contributed by atoms with van der Waals surface area (Å²) in [7, 11) is -4.52.